The summed E-state index contributed by atoms with van der Waals surface area (Å²) in [4.78, 5) is 32.4. The Morgan fingerprint density at radius 2 is 2.12 bits per heavy atom. The molecule has 1 N–H and O–H groups in total. The number of hydroxylamine groups is 1. The maximum atomic E-state index is 11.8. The van der Waals surface area contributed by atoms with Gasteiger partial charge in [0, 0.05) is 29.2 Å². The number of anilines is 1. The van der Waals surface area contributed by atoms with E-state index in [1.807, 2.05) is 18.2 Å². The van der Waals surface area contributed by atoms with Crippen LogP contribution >= 0.6 is 27.5 Å². The van der Waals surface area contributed by atoms with Gasteiger partial charge in [0.25, 0.3) is 0 Å². The van der Waals surface area contributed by atoms with E-state index in [0.29, 0.717) is 23.8 Å². The maximum absolute atomic E-state index is 11.8. The van der Waals surface area contributed by atoms with Gasteiger partial charge in [-0.2, -0.15) is 5.06 Å². The van der Waals surface area contributed by atoms with Crippen LogP contribution in [0.4, 0.5) is 5.82 Å². The lowest BCUT2D eigenvalue weighted by molar-refractivity contribution is -0.133. The number of carbonyl (C=O) groups excluding carboxylic acids is 2. The Kier molecular flexibility index (Phi) is 7.99. The van der Waals surface area contributed by atoms with Crippen molar-refractivity contribution in [2.45, 2.75) is 13.5 Å². The summed E-state index contributed by atoms with van der Waals surface area (Å²) in [5, 5.41) is 3.04. The maximum Gasteiger partial charge on any atom is 0.239 e. The van der Waals surface area contributed by atoms with E-state index in [9.17, 15) is 9.59 Å². The molecule has 2 amide bonds. The van der Waals surface area contributed by atoms with Crippen LogP contribution in [0.3, 0.4) is 0 Å². The Labute approximate surface area is 164 Å². The lowest BCUT2D eigenvalue weighted by Crippen LogP contribution is -2.44. The molecule has 1 aromatic heterocycles. The number of halogens is 2. The SMILES string of the molecule is CC(=O)N(CCON(C=O)c1ccc(Br)cn1)NCc1ccccc1Cl. The number of hydrogen-bond donors (Lipinski definition) is 1. The molecule has 9 heteroatoms. The second-order valence-electron chi connectivity index (χ2n) is 5.20. The van der Waals surface area contributed by atoms with Crippen LogP contribution in [-0.2, 0) is 21.0 Å². The van der Waals surface area contributed by atoms with Crippen molar-refractivity contribution in [1.82, 2.24) is 15.4 Å². The minimum absolute atomic E-state index is 0.103. The summed E-state index contributed by atoms with van der Waals surface area (Å²) in [7, 11) is 0. The van der Waals surface area contributed by atoms with Gasteiger partial charge in [0.2, 0.25) is 12.3 Å². The zero-order chi connectivity index (χ0) is 18.9. The molecule has 0 atom stereocenters. The predicted octanol–water partition coefficient (Wildman–Crippen LogP) is 2.95. The number of amides is 2. The minimum atomic E-state index is -0.180. The van der Waals surface area contributed by atoms with Gasteiger partial charge in [0.15, 0.2) is 5.82 Å². The number of hydrazine groups is 1. The van der Waals surface area contributed by atoms with Crippen molar-refractivity contribution >= 4 is 45.7 Å². The fourth-order valence-corrected chi connectivity index (χ4v) is 2.49. The van der Waals surface area contributed by atoms with Gasteiger partial charge in [-0.05, 0) is 39.7 Å². The fraction of sp³-hybridized carbons (Fsp3) is 0.235. The Morgan fingerprint density at radius 1 is 1.35 bits per heavy atom. The topological polar surface area (TPSA) is 74.8 Å². The van der Waals surface area contributed by atoms with Crippen molar-refractivity contribution in [3.8, 4) is 0 Å². The summed E-state index contributed by atoms with van der Waals surface area (Å²) in [6, 6.07) is 10.8. The van der Waals surface area contributed by atoms with Crippen LogP contribution in [-0.4, -0.2) is 35.5 Å². The molecule has 138 valence electrons. The van der Waals surface area contributed by atoms with Gasteiger partial charge in [-0.15, -0.1) is 0 Å². The Morgan fingerprint density at radius 3 is 2.73 bits per heavy atom. The van der Waals surface area contributed by atoms with E-state index in [1.165, 1.54) is 11.9 Å². The molecule has 2 rings (SSSR count). The fourth-order valence-electron chi connectivity index (χ4n) is 2.05. The zero-order valence-corrected chi connectivity index (χ0v) is 16.4. The molecule has 2 aromatic rings. The number of pyridine rings is 1. The number of rotatable bonds is 9. The highest BCUT2D eigenvalue weighted by molar-refractivity contribution is 9.10. The first-order valence-electron chi connectivity index (χ1n) is 7.75. The average Bonchev–Trinajstić information content (AvgIpc) is 2.63. The van der Waals surface area contributed by atoms with E-state index < -0.39 is 0 Å². The highest BCUT2D eigenvalue weighted by Crippen LogP contribution is 2.15. The molecule has 0 aliphatic carbocycles. The highest BCUT2D eigenvalue weighted by atomic mass is 79.9. The van der Waals surface area contributed by atoms with Gasteiger partial charge in [-0.25, -0.2) is 10.4 Å². The zero-order valence-electron chi connectivity index (χ0n) is 14.1. The molecule has 0 unspecified atom stereocenters. The molecular weight excluding hydrogens is 424 g/mol. The summed E-state index contributed by atoms with van der Waals surface area (Å²) >= 11 is 9.38. The monoisotopic (exact) mass is 440 g/mol. The summed E-state index contributed by atoms with van der Waals surface area (Å²) in [5.41, 5.74) is 3.88. The third kappa shape index (κ3) is 6.06. The van der Waals surface area contributed by atoms with Gasteiger partial charge >= 0.3 is 0 Å². The van der Waals surface area contributed by atoms with Gasteiger partial charge in [0.1, 0.15) is 0 Å². The summed E-state index contributed by atoms with van der Waals surface area (Å²) in [6.07, 6.45) is 2.08. The Hall–Kier alpha value is -2.00. The third-order valence-electron chi connectivity index (χ3n) is 3.38. The van der Waals surface area contributed by atoms with E-state index in [2.05, 4.69) is 26.3 Å². The van der Waals surface area contributed by atoms with E-state index in [4.69, 9.17) is 16.4 Å². The second kappa shape index (κ2) is 10.2. The number of nitrogens with zero attached hydrogens (tertiary/aromatic N) is 3. The predicted molar refractivity (Wildman–Crippen MR) is 102 cm³/mol. The lowest BCUT2D eigenvalue weighted by atomic mass is 10.2. The lowest BCUT2D eigenvalue weighted by Gasteiger charge is -2.23. The van der Waals surface area contributed by atoms with Crippen LogP contribution in [0.15, 0.2) is 47.1 Å². The molecule has 0 fully saturated rings. The number of benzene rings is 1. The van der Waals surface area contributed by atoms with Gasteiger partial charge in [-0.3, -0.25) is 19.4 Å². The van der Waals surface area contributed by atoms with Crippen LogP contribution in [0.5, 0.6) is 0 Å². The number of nitrogens with one attached hydrogen (secondary N) is 1. The molecule has 7 nitrogen and oxygen atoms in total. The normalized spacial score (nSPS) is 10.4. The van der Waals surface area contributed by atoms with Crippen LogP contribution in [0.25, 0.3) is 0 Å². The minimum Gasteiger partial charge on any atom is -0.276 e. The third-order valence-corrected chi connectivity index (χ3v) is 4.21. The van der Waals surface area contributed by atoms with Crippen LogP contribution in [0.1, 0.15) is 12.5 Å². The molecule has 0 spiro atoms. The van der Waals surface area contributed by atoms with Gasteiger partial charge in [-0.1, -0.05) is 29.8 Å². The molecule has 0 radical (unpaired) electrons. The van der Waals surface area contributed by atoms with E-state index >= 15 is 0 Å². The molecule has 1 aromatic carbocycles. The standard InChI is InChI=1S/C17H18BrClN4O3/c1-13(25)22(21-10-14-4-2-3-5-16(14)19)8-9-26-23(12-24)17-7-6-15(18)11-20-17/h2-7,11-12,21H,8-10H2,1H3. The molecule has 0 saturated carbocycles. The highest BCUT2D eigenvalue weighted by Gasteiger charge is 2.12. The van der Waals surface area contributed by atoms with Crippen molar-refractivity contribution in [3.63, 3.8) is 0 Å². The van der Waals surface area contributed by atoms with Crippen LogP contribution in [0.2, 0.25) is 5.02 Å². The van der Waals surface area contributed by atoms with Crippen molar-refractivity contribution in [1.29, 1.82) is 0 Å². The summed E-state index contributed by atoms with van der Waals surface area (Å²) in [6.45, 7) is 2.17. The van der Waals surface area contributed by atoms with Crippen LogP contribution < -0.4 is 10.5 Å². The first-order chi connectivity index (χ1) is 12.5. The van der Waals surface area contributed by atoms with Gasteiger partial charge < -0.3 is 0 Å². The Bertz CT molecular complexity index is 745. The quantitative estimate of drug-likeness (QED) is 0.478. The number of aromatic nitrogens is 1. The number of hydrogen-bond acceptors (Lipinski definition) is 5. The smallest absolute Gasteiger partial charge is 0.239 e. The molecule has 0 saturated heterocycles. The molecule has 26 heavy (non-hydrogen) atoms. The Balaban J connectivity index is 1.87. The second-order valence-corrected chi connectivity index (χ2v) is 6.52. The molecule has 0 bridgehead atoms. The molecule has 0 aliphatic heterocycles. The van der Waals surface area contributed by atoms with E-state index in [0.717, 1.165) is 15.1 Å². The average molecular weight is 442 g/mol. The van der Waals surface area contributed by atoms with E-state index in [-0.39, 0.29) is 19.1 Å². The van der Waals surface area contributed by atoms with E-state index in [1.54, 1.807) is 24.4 Å². The first-order valence-corrected chi connectivity index (χ1v) is 8.92. The molecular formula is C17H18BrClN4O3. The van der Waals surface area contributed by atoms with Crippen molar-refractivity contribution < 1.29 is 14.4 Å². The first kappa shape index (κ1) is 20.3. The molecule has 0 aliphatic rings. The van der Waals surface area contributed by atoms with Crippen LogP contribution in [0, 0.1) is 0 Å². The van der Waals surface area contributed by atoms with Crippen molar-refractivity contribution in [2.75, 3.05) is 18.2 Å². The number of carbonyl (C=O) groups is 2. The summed E-state index contributed by atoms with van der Waals surface area (Å²) in [5.74, 6) is 0.168. The van der Waals surface area contributed by atoms with Crippen molar-refractivity contribution in [2.24, 2.45) is 0 Å². The largest absolute Gasteiger partial charge is 0.276 e. The van der Waals surface area contributed by atoms with Crippen molar-refractivity contribution in [3.05, 3.63) is 57.7 Å². The molecule has 1 heterocycles. The summed E-state index contributed by atoms with van der Waals surface area (Å²) < 4.78 is 0.790. The van der Waals surface area contributed by atoms with Gasteiger partial charge in [0.05, 0.1) is 13.2 Å².